The second-order valence-electron chi connectivity index (χ2n) is 5.69. The second kappa shape index (κ2) is 7.34. The third-order valence-corrected chi connectivity index (χ3v) is 4.26. The number of hydrogen-bond donors (Lipinski definition) is 1. The Hall–Kier alpha value is -2.35. The summed E-state index contributed by atoms with van der Waals surface area (Å²) < 4.78 is 42.3. The van der Waals surface area contributed by atoms with Crippen molar-refractivity contribution in [3.63, 3.8) is 0 Å². The Kier molecular flexibility index (Phi) is 5.28. The molecule has 3 aromatic rings. The van der Waals surface area contributed by atoms with Crippen LogP contribution in [0, 0.1) is 0 Å². The van der Waals surface area contributed by atoms with Gasteiger partial charge in [-0.05, 0) is 47.5 Å². The summed E-state index contributed by atoms with van der Waals surface area (Å²) in [6.45, 7) is 0. The monoisotopic (exact) mass is 413 g/mol. The molecule has 0 unspecified atom stereocenters. The maximum absolute atomic E-state index is 13.6. The number of aromatic nitrogens is 3. The third kappa shape index (κ3) is 4.16. The van der Waals surface area contributed by atoms with E-state index in [-0.39, 0.29) is 10.0 Å². The van der Waals surface area contributed by atoms with Crippen LogP contribution in [0.5, 0.6) is 0 Å². The molecule has 27 heavy (non-hydrogen) atoms. The van der Waals surface area contributed by atoms with Crippen LogP contribution in [0.4, 0.5) is 13.2 Å². The van der Waals surface area contributed by atoms with E-state index < -0.39 is 17.3 Å². The van der Waals surface area contributed by atoms with Crippen molar-refractivity contribution >= 4 is 29.3 Å². The molecule has 0 saturated heterocycles. The molecular weight excluding hydrogens is 402 g/mol. The van der Waals surface area contributed by atoms with Crippen LogP contribution in [-0.2, 0) is 5.60 Å². The van der Waals surface area contributed by atoms with Crippen LogP contribution in [0.1, 0.15) is 11.1 Å². The molecule has 2 aromatic carbocycles. The van der Waals surface area contributed by atoms with Gasteiger partial charge < -0.3 is 5.11 Å². The highest BCUT2D eigenvalue weighted by atomic mass is 35.5. The molecule has 0 bridgehead atoms. The smallest absolute Gasteiger partial charge is 0.373 e. The van der Waals surface area contributed by atoms with Gasteiger partial charge in [0.05, 0.1) is 5.69 Å². The Bertz CT molecular complexity index is 937. The third-order valence-electron chi connectivity index (χ3n) is 3.83. The van der Waals surface area contributed by atoms with Crippen LogP contribution < -0.4 is 0 Å². The SMILES string of the molecule is O[C@](C=Cc1ccc(-n2cncn2)cc1)(c1cc(Cl)cc(Cl)c1)C(F)(F)F. The molecule has 140 valence electrons. The number of hydrogen-bond acceptors (Lipinski definition) is 3. The van der Waals surface area contributed by atoms with Gasteiger partial charge in [-0.1, -0.05) is 41.4 Å². The zero-order valence-electron chi connectivity index (χ0n) is 13.5. The molecule has 1 heterocycles. The summed E-state index contributed by atoms with van der Waals surface area (Å²) in [7, 11) is 0. The van der Waals surface area contributed by atoms with E-state index in [0.29, 0.717) is 17.3 Å². The first kappa shape index (κ1) is 19.4. The van der Waals surface area contributed by atoms with Crippen molar-refractivity contribution < 1.29 is 18.3 Å². The van der Waals surface area contributed by atoms with Crippen molar-refractivity contribution in [1.82, 2.24) is 14.8 Å². The van der Waals surface area contributed by atoms with Gasteiger partial charge in [0.15, 0.2) is 0 Å². The second-order valence-corrected chi connectivity index (χ2v) is 6.56. The standard InChI is InChI=1S/C18H12Cl2F3N3O/c19-14-7-13(8-15(20)9-14)17(27,18(21,22)23)6-5-12-1-3-16(4-2-12)26-11-24-10-25-26/h1-11,27H/t17-/m1/s1. The molecule has 0 aliphatic heterocycles. The average molecular weight is 414 g/mol. The number of benzene rings is 2. The molecule has 3 rings (SSSR count). The first-order valence-electron chi connectivity index (χ1n) is 7.59. The minimum Gasteiger partial charge on any atom is -0.373 e. The van der Waals surface area contributed by atoms with Crippen LogP contribution in [0.2, 0.25) is 10.0 Å². The average Bonchev–Trinajstić information content (AvgIpc) is 3.13. The lowest BCUT2D eigenvalue weighted by Crippen LogP contribution is -2.40. The van der Waals surface area contributed by atoms with Crippen LogP contribution in [0.25, 0.3) is 11.8 Å². The predicted molar refractivity (Wildman–Crippen MR) is 96.8 cm³/mol. The minimum absolute atomic E-state index is 0.00856. The molecule has 0 radical (unpaired) electrons. The van der Waals surface area contributed by atoms with Crippen LogP contribution in [-0.4, -0.2) is 26.0 Å². The molecule has 0 aliphatic carbocycles. The summed E-state index contributed by atoms with van der Waals surface area (Å²) in [5, 5.41) is 14.3. The first-order chi connectivity index (χ1) is 12.7. The number of alkyl halides is 3. The number of nitrogens with zero attached hydrogens (tertiary/aromatic N) is 3. The Morgan fingerprint density at radius 3 is 2.15 bits per heavy atom. The molecule has 0 spiro atoms. The zero-order valence-corrected chi connectivity index (χ0v) is 15.0. The van der Waals surface area contributed by atoms with Gasteiger partial charge in [-0.2, -0.15) is 18.3 Å². The van der Waals surface area contributed by atoms with Crippen molar-refractivity contribution in [1.29, 1.82) is 0 Å². The molecule has 9 heteroatoms. The van der Waals surface area contributed by atoms with Gasteiger partial charge in [0.25, 0.3) is 0 Å². The van der Waals surface area contributed by atoms with E-state index in [2.05, 4.69) is 10.1 Å². The summed E-state index contributed by atoms with van der Waals surface area (Å²) in [5.74, 6) is 0. The fraction of sp³-hybridized carbons (Fsp3) is 0.111. The van der Waals surface area contributed by atoms with E-state index in [9.17, 15) is 18.3 Å². The number of halogens is 5. The molecule has 4 nitrogen and oxygen atoms in total. The van der Waals surface area contributed by atoms with Gasteiger partial charge in [-0.25, -0.2) is 9.67 Å². The van der Waals surface area contributed by atoms with Crippen molar-refractivity contribution in [2.45, 2.75) is 11.8 Å². The molecule has 0 saturated carbocycles. The van der Waals surface area contributed by atoms with Gasteiger partial charge in [0.2, 0.25) is 5.60 Å². The number of rotatable bonds is 4. The van der Waals surface area contributed by atoms with Gasteiger partial charge in [-0.3, -0.25) is 0 Å². The van der Waals surface area contributed by atoms with Crippen LogP contribution in [0.15, 0.2) is 61.2 Å². The van der Waals surface area contributed by atoms with Crippen LogP contribution in [0.3, 0.4) is 0 Å². The van der Waals surface area contributed by atoms with Gasteiger partial charge in [-0.15, -0.1) is 0 Å². The van der Waals surface area contributed by atoms with E-state index in [0.717, 1.165) is 12.1 Å². The zero-order chi connectivity index (χ0) is 19.7. The molecular formula is C18H12Cl2F3N3O. The Balaban J connectivity index is 1.95. The molecule has 0 amide bonds. The van der Waals surface area contributed by atoms with Gasteiger partial charge in [0, 0.05) is 10.0 Å². The van der Waals surface area contributed by atoms with Gasteiger partial charge in [0.1, 0.15) is 12.7 Å². The molecule has 1 atom stereocenters. The van der Waals surface area contributed by atoms with Crippen molar-refractivity contribution in [3.8, 4) is 5.69 Å². The summed E-state index contributed by atoms with van der Waals surface area (Å²) in [4.78, 5) is 3.82. The van der Waals surface area contributed by atoms with Crippen LogP contribution >= 0.6 is 23.2 Å². The molecule has 0 fully saturated rings. The highest BCUT2D eigenvalue weighted by molar-refractivity contribution is 6.34. The summed E-state index contributed by atoms with van der Waals surface area (Å²) >= 11 is 11.6. The lowest BCUT2D eigenvalue weighted by atomic mass is 9.92. The molecule has 1 aromatic heterocycles. The maximum Gasteiger partial charge on any atom is 0.425 e. The quantitative estimate of drug-likeness (QED) is 0.651. The topological polar surface area (TPSA) is 50.9 Å². The Labute approximate surface area is 162 Å². The predicted octanol–water partition coefficient (Wildman–Crippen LogP) is 5.04. The van der Waals surface area contributed by atoms with Crippen molar-refractivity contribution in [2.75, 3.05) is 0 Å². The van der Waals surface area contributed by atoms with Crippen molar-refractivity contribution in [3.05, 3.63) is 82.4 Å². The Morgan fingerprint density at radius 2 is 1.63 bits per heavy atom. The first-order valence-corrected chi connectivity index (χ1v) is 8.34. The summed E-state index contributed by atoms with van der Waals surface area (Å²) in [6.07, 6.45) is -0.269. The fourth-order valence-electron chi connectivity index (χ4n) is 2.42. The molecule has 1 N–H and O–H groups in total. The normalized spacial score (nSPS) is 14.4. The largest absolute Gasteiger partial charge is 0.425 e. The highest BCUT2D eigenvalue weighted by Gasteiger charge is 2.53. The van der Waals surface area contributed by atoms with E-state index in [1.54, 1.807) is 24.3 Å². The van der Waals surface area contributed by atoms with E-state index in [1.165, 1.54) is 29.5 Å². The van der Waals surface area contributed by atoms with E-state index in [4.69, 9.17) is 23.2 Å². The fourth-order valence-corrected chi connectivity index (χ4v) is 2.95. The minimum atomic E-state index is -4.97. The lowest BCUT2D eigenvalue weighted by Gasteiger charge is -2.28. The molecule has 0 aliphatic rings. The van der Waals surface area contributed by atoms with Crippen molar-refractivity contribution in [2.24, 2.45) is 0 Å². The maximum atomic E-state index is 13.6. The lowest BCUT2D eigenvalue weighted by molar-refractivity contribution is -0.244. The van der Waals surface area contributed by atoms with E-state index >= 15 is 0 Å². The summed E-state index contributed by atoms with van der Waals surface area (Å²) in [6, 6.07) is 9.85. The summed E-state index contributed by atoms with van der Waals surface area (Å²) in [5.41, 5.74) is -2.57. The van der Waals surface area contributed by atoms with E-state index in [1.807, 2.05) is 0 Å². The Morgan fingerprint density at radius 1 is 1.00 bits per heavy atom. The van der Waals surface area contributed by atoms with Gasteiger partial charge >= 0.3 is 6.18 Å². The number of aliphatic hydroxyl groups is 1. The highest BCUT2D eigenvalue weighted by Crippen LogP contribution is 2.42.